The maximum absolute atomic E-state index is 6.07. The van der Waals surface area contributed by atoms with E-state index in [0.717, 1.165) is 6.42 Å². The monoisotopic (exact) mass is 207 g/mol. The van der Waals surface area contributed by atoms with Crippen LogP contribution in [0.1, 0.15) is 26.3 Å². The molecule has 2 heteroatoms. The van der Waals surface area contributed by atoms with Crippen molar-refractivity contribution < 1.29 is 4.74 Å². The van der Waals surface area contributed by atoms with Crippen molar-refractivity contribution in [2.75, 3.05) is 0 Å². The number of hydrogen-bond acceptors (Lipinski definition) is 2. The molecule has 1 aromatic rings. The molecule has 0 bridgehead atoms. The van der Waals surface area contributed by atoms with Crippen LogP contribution in [0.25, 0.3) is 0 Å². The maximum atomic E-state index is 6.07. The normalized spacial score (nSPS) is 15.3. The van der Waals surface area contributed by atoms with Crippen LogP contribution in [0.3, 0.4) is 0 Å². The fourth-order valence-electron chi connectivity index (χ4n) is 1.58. The molecule has 84 valence electrons. The van der Waals surface area contributed by atoms with Crippen molar-refractivity contribution >= 4 is 0 Å². The first kappa shape index (κ1) is 12.2. The van der Waals surface area contributed by atoms with E-state index >= 15 is 0 Å². The van der Waals surface area contributed by atoms with E-state index in [2.05, 4.69) is 12.1 Å². The lowest BCUT2D eigenvalue weighted by molar-refractivity contribution is 0.00472. The van der Waals surface area contributed by atoms with E-state index in [-0.39, 0.29) is 18.2 Å². The summed E-state index contributed by atoms with van der Waals surface area (Å²) < 4.78 is 5.66. The fourth-order valence-corrected chi connectivity index (χ4v) is 1.58. The Labute approximate surface area is 92.4 Å². The van der Waals surface area contributed by atoms with E-state index in [1.807, 2.05) is 39.0 Å². The first-order valence-electron chi connectivity index (χ1n) is 5.54. The largest absolute Gasteiger partial charge is 0.374 e. The van der Waals surface area contributed by atoms with E-state index in [4.69, 9.17) is 10.5 Å². The minimum absolute atomic E-state index is 0.0646. The first-order valence-corrected chi connectivity index (χ1v) is 5.54. The standard InChI is InChI=1S/C13H21NO/c1-10(2)15-11(3)13(14)9-12-7-5-4-6-8-12/h4-8,10-11,13H,9,14H2,1-3H3. The highest BCUT2D eigenvalue weighted by Crippen LogP contribution is 2.08. The minimum atomic E-state index is 0.0646. The predicted octanol–water partition coefficient (Wildman–Crippen LogP) is 2.37. The number of benzene rings is 1. The lowest BCUT2D eigenvalue weighted by Gasteiger charge is -2.22. The predicted molar refractivity (Wildman–Crippen MR) is 63.8 cm³/mol. The van der Waals surface area contributed by atoms with Gasteiger partial charge >= 0.3 is 0 Å². The van der Waals surface area contributed by atoms with Gasteiger partial charge in [0.2, 0.25) is 0 Å². The zero-order chi connectivity index (χ0) is 11.3. The van der Waals surface area contributed by atoms with Crippen molar-refractivity contribution in [1.82, 2.24) is 0 Å². The Kier molecular flexibility index (Phi) is 4.79. The number of nitrogens with two attached hydrogens (primary N) is 1. The summed E-state index contributed by atoms with van der Waals surface area (Å²) in [5.74, 6) is 0. The van der Waals surface area contributed by atoms with E-state index in [9.17, 15) is 0 Å². The molecule has 0 amide bonds. The highest BCUT2D eigenvalue weighted by atomic mass is 16.5. The second-order valence-corrected chi connectivity index (χ2v) is 4.24. The van der Waals surface area contributed by atoms with E-state index in [1.54, 1.807) is 0 Å². The summed E-state index contributed by atoms with van der Waals surface area (Å²) >= 11 is 0. The molecular weight excluding hydrogens is 186 g/mol. The van der Waals surface area contributed by atoms with Gasteiger partial charge in [-0.15, -0.1) is 0 Å². The van der Waals surface area contributed by atoms with Gasteiger partial charge in [-0.05, 0) is 32.8 Å². The van der Waals surface area contributed by atoms with Crippen molar-refractivity contribution in [3.63, 3.8) is 0 Å². The van der Waals surface area contributed by atoms with Gasteiger partial charge in [-0.1, -0.05) is 30.3 Å². The zero-order valence-corrected chi connectivity index (χ0v) is 9.81. The highest BCUT2D eigenvalue weighted by molar-refractivity contribution is 5.16. The topological polar surface area (TPSA) is 35.2 Å². The molecule has 15 heavy (non-hydrogen) atoms. The molecule has 0 heterocycles. The van der Waals surface area contributed by atoms with Crippen LogP contribution < -0.4 is 5.73 Å². The summed E-state index contributed by atoms with van der Waals surface area (Å²) in [6.07, 6.45) is 1.21. The molecule has 0 aromatic heterocycles. The highest BCUT2D eigenvalue weighted by Gasteiger charge is 2.14. The summed E-state index contributed by atoms with van der Waals surface area (Å²) in [4.78, 5) is 0. The molecule has 0 radical (unpaired) electrons. The van der Waals surface area contributed by atoms with E-state index < -0.39 is 0 Å². The SMILES string of the molecule is CC(C)OC(C)C(N)Cc1ccccc1. The third-order valence-electron chi connectivity index (χ3n) is 2.40. The van der Waals surface area contributed by atoms with Gasteiger partial charge in [0.25, 0.3) is 0 Å². The molecule has 0 fully saturated rings. The second-order valence-electron chi connectivity index (χ2n) is 4.24. The van der Waals surface area contributed by atoms with Crippen molar-refractivity contribution in [2.45, 2.75) is 45.4 Å². The number of ether oxygens (including phenoxy) is 1. The van der Waals surface area contributed by atoms with Crippen LogP contribution in [0.5, 0.6) is 0 Å². The quantitative estimate of drug-likeness (QED) is 0.804. The van der Waals surface area contributed by atoms with E-state index in [0.29, 0.717) is 0 Å². The lowest BCUT2D eigenvalue weighted by atomic mass is 10.0. The van der Waals surface area contributed by atoms with Crippen LogP contribution in [0.2, 0.25) is 0 Å². The van der Waals surface area contributed by atoms with Crippen LogP contribution in [0.15, 0.2) is 30.3 Å². The van der Waals surface area contributed by atoms with Crippen LogP contribution in [0, 0.1) is 0 Å². The summed E-state index contributed by atoms with van der Waals surface area (Å²) in [5, 5.41) is 0. The molecule has 0 saturated heterocycles. The van der Waals surface area contributed by atoms with Gasteiger partial charge in [-0.2, -0.15) is 0 Å². The molecule has 2 atom stereocenters. The summed E-state index contributed by atoms with van der Waals surface area (Å²) in [6, 6.07) is 10.4. The molecule has 0 aliphatic rings. The smallest absolute Gasteiger partial charge is 0.0704 e. The summed E-state index contributed by atoms with van der Waals surface area (Å²) in [6.45, 7) is 6.10. The molecule has 0 spiro atoms. The molecule has 1 rings (SSSR count). The van der Waals surface area contributed by atoms with Gasteiger partial charge < -0.3 is 10.5 Å². The number of hydrogen-bond donors (Lipinski definition) is 1. The Balaban J connectivity index is 2.45. The fraction of sp³-hybridized carbons (Fsp3) is 0.538. The number of rotatable bonds is 5. The van der Waals surface area contributed by atoms with Gasteiger partial charge in [0.05, 0.1) is 12.2 Å². The second kappa shape index (κ2) is 5.89. The molecule has 0 aliphatic heterocycles. The zero-order valence-electron chi connectivity index (χ0n) is 9.81. The van der Waals surface area contributed by atoms with Gasteiger partial charge in [0, 0.05) is 6.04 Å². The maximum Gasteiger partial charge on any atom is 0.0704 e. The van der Waals surface area contributed by atoms with Crippen molar-refractivity contribution in [1.29, 1.82) is 0 Å². The van der Waals surface area contributed by atoms with Crippen molar-refractivity contribution in [3.8, 4) is 0 Å². The Morgan fingerprint density at radius 2 is 1.73 bits per heavy atom. The average Bonchev–Trinajstić information content (AvgIpc) is 2.18. The third kappa shape index (κ3) is 4.45. The lowest BCUT2D eigenvalue weighted by Crippen LogP contribution is -2.37. The Bertz CT molecular complexity index is 271. The Morgan fingerprint density at radius 1 is 1.13 bits per heavy atom. The summed E-state index contributed by atoms with van der Waals surface area (Å²) in [7, 11) is 0. The van der Waals surface area contributed by atoms with Crippen LogP contribution >= 0.6 is 0 Å². The first-order chi connectivity index (χ1) is 7.09. The van der Waals surface area contributed by atoms with Gasteiger partial charge in [0.15, 0.2) is 0 Å². The molecule has 2 nitrogen and oxygen atoms in total. The molecule has 1 aromatic carbocycles. The minimum Gasteiger partial charge on any atom is -0.374 e. The van der Waals surface area contributed by atoms with Crippen LogP contribution in [-0.4, -0.2) is 18.2 Å². The van der Waals surface area contributed by atoms with Gasteiger partial charge in [-0.25, -0.2) is 0 Å². The summed E-state index contributed by atoms with van der Waals surface area (Å²) in [5.41, 5.74) is 7.34. The van der Waals surface area contributed by atoms with Gasteiger partial charge in [0.1, 0.15) is 0 Å². The van der Waals surface area contributed by atoms with Crippen LogP contribution in [-0.2, 0) is 11.2 Å². The Morgan fingerprint density at radius 3 is 2.27 bits per heavy atom. The molecule has 0 saturated carbocycles. The molecular formula is C13H21NO. The molecule has 0 aliphatic carbocycles. The third-order valence-corrected chi connectivity index (χ3v) is 2.40. The Hall–Kier alpha value is -0.860. The van der Waals surface area contributed by atoms with E-state index in [1.165, 1.54) is 5.56 Å². The van der Waals surface area contributed by atoms with Gasteiger partial charge in [-0.3, -0.25) is 0 Å². The van der Waals surface area contributed by atoms with Crippen molar-refractivity contribution in [3.05, 3.63) is 35.9 Å². The molecule has 2 unspecified atom stereocenters. The molecule has 2 N–H and O–H groups in total. The average molecular weight is 207 g/mol. The van der Waals surface area contributed by atoms with Crippen molar-refractivity contribution in [2.24, 2.45) is 5.73 Å². The van der Waals surface area contributed by atoms with Crippen LogP contribution in [0.4, 0.5) is 0 Å².